The number of imidazole rings is 1. The van der Waals surface area contributed by atoms with Crippen LogP contribution >= 0.6 is 0 Å². The van der Waals surface area contributed by atoms with Crippen molar-refractivity contribution in [1.82, 2.24) is 9.55 Å². The third-order valence-corrected chi connectivity index (χ3v) is 3.77. The molecule has 6 nitrogen and oxygen atoms in total. The van der Waals surface area contributed by atoms with Gasteiger partial charge in [-0.1, -0.05) is 30.3 Å². The van der Waals surface area contributed by atoms with E-state index in [0.717, 1.165) is 19.4 Å². The highest BCUT2D eigenvalue weighted by atomic mass is 16.6. The Bertz CT molecular complexity index is 623. The first-order chi connectivity index (χ1) is 9.68. The first kappa shape index (κ1) is 12.7. The Morgan fingerprint density at radius 3 is 2.80 bits per heavy atom. The van der Waals surface area contributed by atoms with Crippen LogP contribution in [0, 0.1) is 10.1 Å². The second-order valence-electron chi connectivity index (χ2n) is 5.02. The van der Waals surface area contributed by atoms with Gasteiger partial charge in [-0.3, -0.25) is 4.57 Å². The Balaban J connectivity index is 2.01. The lowest BCUT2D eigenvalue weighted by atomic mass is 10.0. The largest absolute Gasteiger partial charge is 0.406 e. The Hall–Kier alpha value is -2.37. The van der Waals surface area contributed by atoms with Crippen LogP contribution in [0.4, 0.5) is 11.6 Å². The van der Waals surface area contributed by atoms with E-state index < -0.39 is 4.92 Å². The molecule has 0 spiro atoms. The predicted molar refractivity (Wildman–Crippen MR) is 75.6 cm³/mol. The van der Waals surface area contributed by atoms with Gasteiger partial charge in [0.05, 0.1) is 6.04 Å². The van der Waals surface area contributed by atoms with Gasteiger partial charge in [0.25, 0.3) is 0 Å². The van der Waals surface area contributed by atoms with E-state index in [-0.39, 0.29) is 11.9 Å². The van der Waals surface area contributed by atoms with Crippen LogP contribution in [0.2, 0.25) is 0 Å². The molecule has 0 radical (unpaired) electrons. The van der Waals surface area contributed by atoms with E-state index in [9.17, 15) is 10.1 Å². The number of anilines is 1. The first-order valence-electron chi connectivity index (χ1n) is 6.66. The van der Waals surface area contributed by atoms with E-state index in [4.69, 9.17) is 0 Å². The molecular formula is C14H16N4O2. The lowest BCUT2D eigenvalue weighted by molar-refractivity contribution is -0.388. The van der Waals surface area contributed by atoms with Gasteiger partial charge in [0, 0.05) is 13.6 Å². The van der Waals surface area contributed by atoms with E-state index in [1.807, 2.05) is 18.2 Å². The number of benzene rings is 1. The fourth-order valence-electron chi connectivity index (χ4n) is 2.91. The normalized spacial score (nSPS) is 18.4. The van der Waals surface area contributed by atoms with Crippen molar-refractivity contribution < 1.29 is 4.92 Å². The molecule has 3 rings (SSSR count). The van der Waals surface area contributed by atoms with Crippen molar-refractivity contribution >= 4 is 11.6 Å². The summed E-state index contributed by atoms with van der Waals surface area (Å²) in [6, 6.07) is 10.3. The minimum absolute atomic E-state index is 0.0599. The summed E-state index contributed by atoms with van der Waals surface area (Å²) in [5, 5.41) is 11.1. The molecule has 1 saturated heterocycles. The van der Waals surface area contributed by atoms with Gasteiger partial charge in [0.2, 0.25) is 12.1 Å². The van der Waals surface area contributed by atoms with E-state index in [2.05, 4.69) is 22.0 Å². The van der Waals surface area contributed by atoms with Crippen LogP contribution in [0.1, 0.15) is 24.4 Å². The molecule has 20 heavy (non-hydrogen) atoms. The molecule has 0 saturated carbocycles. The van der Waals surface area contributed by atoms with Gasteiger partial charge in [-0.05, 0) is 28.3 Å². The van der Waals surface area contributed by atoms with Crippen molar-refractivity contribution in [3.8, 4) is 0 Å². The van der Waals surface area contributed by atoms with Gasteiger partial charge >= 0.3 is 5.82 Å². The molecule has 1 unspecified atom stereocenters. The Morgan fingerprint density at radius 1 is 1.35 bits per heavy atom. The second-order valence-corrected chi connectivity index (χ2v) is 5.02. The maximum absolute atomic E-state index is 11.1. The Kier molecular flexibility index (Phi) is 3.14. The maximum atomic E-state index is 11.1. The smallest absolute Gasteiger partial charge is 0.358 e. The summed E-state index contributed by atoms with van der Waals surface area (Å²) >= 11 is 0. The van der Waals surface area contributed by atoms with Gasteiger partial charge in [0.15, 0.2) is 0 Å². The van der Waals surface area contributed by atoms with Crippen molar-refractivity contribution in [2.75, 3.05) is 11.4 Å². The summed E-state index contributed by atoms with van der Waals surface area (Å²) in [4.78, 5) is 16.7. The molecule has 2 heterocycles. The van der Waals surface area contributed by atoms with Gasteiger partial charge in [-0.25, -0.2) is 0 Å². The third kappa shape index (κ3) is 2.03. The van der Waals surface area contributed by atoms with E-state index in [0.29, 0.717) is 5.82 Å². The molecular weight excluding hydrogens is 256 g/mol. The molecule has 1 aromatic carbocycles. The van der Waals surface area contributed by atoms with Crippen molar-refractivity contribution in [2.24, 2.45) is 7.05 Å². The highest BCUT2D eigenvalue weighted by molar-refractivity contribution is 5.57. The minimum atomic E-state index is -0.407. The van der Waals surface area contributed by atoms with Gasteiger partial charge in [0.1, 0.15) is 0 Å². The number of aromatic nitrogens is 2. The number of nitro groups is 1. The van der Waals surface area contributed by atoms with Gasteiger partial charge < -0.3 is 15.0 Å². The number of hydrogen-bond acceptors (Lipinski definition) is 4. The molecule has 1 fully saturated rings. The van der Waals surface area contributed by atoms with Gasteiger partial charge in [-0.15, -0.1) is 0 Å². The molecule has 1 aromatic heterocycles. The van der Waals surface area contributed by atoms with Gasteiger partial charge in [-0.2, -0.15) is 0 Å². The van der Waals surface area contributed by atoms with Crippen LogP contribution in [-0.2, 0) is 7.05 Å². The van der Waals surface area contributed by atoms with Crippen LogP contribution in [0.3, 0.4) is 0 Å². The lowest BCUT2D eigenvalue weighted by Gasteiger charge is -2.26. The topological polar surface area (TPSA) is 64.2 Å². The summed E-state index contributed by atoms with van der Waals surface area (Å²) in [6.45, 7) is 0.819. The molecule has 0 N–H and O–H groups in total. The molecule has 1 aliphatic rings. The Labute approximate surface area is 116 Å². The van der Waals surface area contributed by atoms with Crippen molar-refractivity contribution in [3.05, 3.63) is 52.3 Å². The van der Waals surface area contributed by atoms with Crippen molar-refractivity contribution in [1.29, 1.82) is 0 Å². The number of aryl methyl sites for hydroxylation is 1. The zero-order valence-corrected chi connectivity index (χ0v) is 11.3. The molecule has 0 bridgehead atoms. The highest BCUT2D eigenvalue weighted by Crippen LogP contribution is 2.39. The number of nitrogens with zero attached hydrogens (tertiary/aromatic N) is 4. The van der Waals surface area contributed by atoms with Crippen LogP contribution in [0.15, 0.2) is 36.7 Å². The molecule has 6 heteroatoms. The maximum Gasteiger partial charge on any atom is 0.406 e. The second kappa shape index (κ2) is 4.96. The van der Waals surface area contributed by atoms with E-state index in [1.54, 1.807) is 11.6 Å². The molecule has 0 aliphatic carbocycles. The lowest BCUT2D eigenvalue weighted by Crippen LogP contribution is -2.25. The quantitative estimate of drug-likeness (QED) is 0.636. The van der Waals surface area contributed by atoms with Crippen molar-refractivity contribution in [2.45, 2.75) is 18.9 Å². The monoisotopic (exact) mass is 272 g/mol. The SMILES string of the molecule is Cn1cnc([N+](=O)[O-])c1N1CCCC1c1ccccc1. The summed E-state index contributed by atoms with van der Waals surface area (Å²) in [5.41, 5.74) is 1.19. The molecule has 1 atom stereocenters. The summed E-state index contributed by atoms with van der Waals surface area (Å²) in [7, 11) is 1.80. The molecule has 2 aromatic rings. The molecule has 1 aliphatic heterocycles. The number of rotatable bonds is 3. The Morgan fingerprint density at radius 2 is 2.10 bits per heavy atom. The van der Waals surface area contributed by atoms with E-state index in [1.165, 1.54) is 11.9 Å². The molecule has 104 valence electrons. The summed E-state index contributed by atoms with van der Waals surface area (Å²) in [6.07, 6.45) is 3.54. The predicted octanol–water partition coefficient (Wildman–Crippen LogP) is 2.67. The zero-order chi connectivity index (χ0) is 14.1. The van der Waals surface area contributed by atoms with Crippen molar-refractivity contribution in [3.63, 3.8) is 0 Å². The summed E-state index contributed by atoms with van der Waals surface area (Å²) in [5.74, 6) is 0.539. The van der Waals surface area contributed by atoms with Crippen LogP contribution in [0.5, 0.6) is 0 Å². The van der Waals surface area contributed by atoms with Crippen LogP contribution in [-0.4, -0.2) is 21.0 Å². The fraction of sp³-hybridized carbons (Fsp3) is 0.357. The fourth-order valence-corrected chi connectivity index (χ4v) is 2.91. The van der Waals surface area contributed by atoms with Crippen LogP contribution < -0.4 is 4.90 Å². The number of hydrogen-bond donors (Lipinski definition) is 0. The highest BCUT2D eigenvalue weighted by Gasteiger charge is 2.34. The standard InChI is InChI=1S/C14H16N4O2/c1-16-10-15-13(18(19)20)14(16)17-9-5-8-12(17)11-6-3-2-4-7-11/h2-4,6-7,10,12H,5,8-9H2,1H3. The zero-order valence-electron chi connectivity index (χ0n) is 11.3. The van der Waals surface area contributed by atoms with Crippen LogP contribution in [0.25, 0.3) is 0 Å². The third-order valence-electron chi connectivity index (χ3n) is 3.77. The molecule has 0 amide bonds. The average molecular weight is 272 g/mol. The first-order valence-corrected chi connectivity index (χ1v) is 6.66. The minimum Gasteiger partial charge on any atom is -0.358 e. The average Bonchev–Trinajstić information content (AvgIpc) is 3.05. The van der Waals surface area contributed by atoms with E-state index >= 15 is 0 Å². The summed E-state index contributed by atoms with van der Waals surface area (Å²) < 4.78 is 1.74.